The smallest absolute Gasteiger partial charge is 0.329 e. The molecule has 2 aromatic carbocycles. The van der Waals surface area contributed by atoms with Gasteiger partial charge in [0.2, 0.25) is 0 Å². The molecular formula is C16H12Cl3N3O2. The molecule has 2 N–H and O–H groups in total. The van der Waals surface area contributed by atoms with E-state index in [9.17, 15) is 9.59 Å². The second kappa shape index (κ2) is 8.68. The minimum Gasteiger partial charge on any atom is -0.344 e. The zero-order chi connectivity index (χ0) is 17.5. The molecule has 0 radical (unpaired) electrons. The van der Waals surface area contributed by atoms with Crippen molar-refractivity contribution in [3.8, 4) is 0 Å². The van der Waals surface area contributed by atoms with Crippen molar-refractivity contribution in [3.63, 3.8) is 0 Å². The van der Waals surface area contributed by atoms with E-state index in [1.54, 1.807) is 42.5 Å². The van der Waals surface area contributed by atoms with E-state index < -0.39 is 11.8 Å². The molecule has 0 spiro atoms. The Balaban J connectivity index is 1.86. The molecule has 0 aliphatic heterocycles. The topological polar surface area (TPSA) is 70.6 Å². The number of benzene rings is 2. The summed E-state index contributed by atoms with van der Waals surface area (Å²) in [5, 5.41) is 7.51. The van der Waals surface area contributed by atoms with Crippen molar-refractivity contribution in [1.82, 2.24) is 10.7 Å². The van der Waals surface area contributed by atoms with Crippen LogP contribution in [0.3, 0.4) is 0 Å². The van der Waals surface area contributed by atoms with E-state index in [1.807, 2.05) is 0 Å². The number of nitrogens with one attached hydrogen (secondary N) is 2. The first-order valence-corrected chi connectivity index (χ1v) is 7.90. The molecule has 0 aromatic heterocycles. The second-order valence-electron chi connectivity index (χ2n) is 4.64. The highest BCUT2D eigenvalue weighted by atomic mass is 35.5. The molecule has 0 saturated heterocycles. The summed E-state index contributed by atoms with van der Waals surface area (Å²) in [6.07, 6.45) is 1.27. The van der Waals surface area contributed by atoms with Gasteiger partial charge in [0.25, 0.3) is 0 Å². The minimum atomic E-state index is -0.900. The molecule has 2 aromatic rings. The van der Waals surface area contributed by atoms with Crippen LogP contribution in [0.25, 0.3) is 0 Å². The molecule has 5 nitrogen and oxygen atoms in total. The molecule has 0 fully saturated rings. The summed E-state index contributed by atoms with van der Waals surface area (Å²) in [5.41, 5.74) is 3.37. The predicted octanol–water partition coefficient (Wildman–Crippen LogP) is 3.41. The van der Waals surface area contributed by atoms with Gasteiger partial charge in [-0.3, -0.25) is 9.59 Å². The number of halogens is 3. The van der Waals surface area contributed by atoms with E-state index in [1.165, 1.54) is 6.21 Å². The van der Waals surface area contributed by atoms with E-state index in [0.29, 0.717) is 20.6 Å². The third kappa shape index (κ3) is 5.23. The molecule has 0 unspecified atom stereocenters. The molecule has 0 atom stereocenters. The molecule has 24 heavy (non-hydrogen) atoms. The highest BCUT2D eigenvalue weighted by Gasteiger charge is 2.12. The fourth-order valence-corrected chi connectivity index (χ4v) is 2.33. The van der Waals surface area contributed by atoms with Crippen molar-refractivity contribution >= 4 is 52.8 Å². The summed E-state index contributed by atoms with van der Waals surface area (Å²) in [6.45, 7) is 0.198. The maximum absolute atomic E-state index is 11.7. The molecule has 0 heterocycles. The van der Waals surface area contributed by atoms with Crippen LogP contribution < -0.4 is 10.7 Å². The average Bonchev–Trinajstić information content (AvgIpc) is 2.56. The number of hydrogen-bond donors (Lipinski definition) is 2. The average molecular weight is 385 g/mol. The maximum atomic E-state index is 11.7. The number of hydrogen-bond acceptors (Lipinski definition) is 3. The van der Waals surface area contributed by atoms with Gasteiger partial charge >= 0.3 is 11.8 Å². The summed E-state index contributed by atoms with van der Waals surface area (Å²) < 4.78 is 0. The zero-order valence-electron chi connectivity index (χ0n) is 12.2. The van der Waals surface area contributed by atoms with Gasteiger partial charge in [0.1, 0.15) is 0 Å². The van der Waals surface area contributed by atoms with Crippen LogP contribution in [0, 0.1) is 0 Å². The SMILES string of the molecule is O=C(NCc1ccc(Cl)cc1)C(=O)N/N=C\c1c(Cl)cccc1Cl. The standard InChI is InChI=1S/C16H12Cl3N3O2/c17-11-6-4-10(5-7-11)8-20-15(23)16(24)22-21-9-12-13(18)2-1-3-14(12)19/h1-7,9H,8H2,(H,20,23)(H,22,24)/b21-9-. The molecule has 8 heteroatoms. The Labute approximate surface area is 153 Å². The van der Waals surface area contributed by atoms with Crippen molar-refractivity contribution in [2.45, 2.75) is 6.54 Å². The van der Waals surface area contributed by atoms with Crippen LogP contribution in [0.15, 0.2) is 47.6 Å². The molecule has 0 aliphatic carbocycles. The Morgan fingerprint density at radius 3 is 2.21 bits per heavy atom. The van der Waals surface area contributed by atoms with Crippen LogP contribution in [0.2, 0.25) is 15.1 Å². The van der Waals surface area contributed by atoms with Crippen molar-refractivity contribution in [3.05, 3.63) is 68.7 Å². The van der Waals surface area contributed by atoms with Gasteiger partial charge < -0.3 is 5.32 Å². The molecule has 124 valence electrons. The lowest BCUT2D eigenvalue weighted by atomic mass is 10.2. The van der Waals surface area contributed by atoms with Gasteiger partial charge in [-0.05, 0) is 29.8 Å². The van der Waals surface area contributed by atoms with Crippen molar-refractivity contribution in [2.24, 2.45) is 5.10 Å². The van der Waals surface area contributed by atoms with Crippen molar-refractivity contribution < 1.29 is 9.59 Å². The van der Waals surface area contributed by atoms with Gasteiger partial charge in [-0.25, -0.2) is 5.43 Å². The summed E-state index contributed by atoms with van der Waals surface area (Å²) >= 11 is 17.7. The van der Waals surface area contributed by atoms with E-state index in [-0.39, 0.29) is 6.54 Å². The molecule has 2 amide bonds. The van der Waals surface area contributed by atoms with Crippen molar-refractivity contribution in [1.29, 1.82) is 0 Å². The van der Waals surface area contributed by atoms with Crippen LogP contribution >= 0.6 is 34.8 Å². The van der Waals surface area contributed by atoms with Crippen LogP contribution in [0.1, 0.15) is 11.1 Å². The number of amides is 2. The first-order valence-electron chi connectivity index (χ1n) is 6.77. The fraction of sp³-hybridized carbons (Fsp3) is 0.0625. The van der Waals surface area contributed by atoms with E-state index >= 15 is 0 Å². The number of rotatable bonds is 4. The van der Waals surface area contributed by atoms with Gasteiger partial charge in [0.05, 0.1) is 16.3 Å². The van der Waals surface area contributed by atoms with Gasteiger partial charge in [-0.1, -0.05) is 53.0 Å². The van der Waals surface area contributed by atoms with Crippen LogP contribution in [-0.4, -0.2) is 18.0 Å². The lowest BCUT2D eigenvalue weighted by Crippen LogP contribution is -2.37. The summed E-state index contributed by atoms with van der Waals surface area (Å²) in [6, 6.07) is 11.8. The minimum absolute atomic E-state index is 0.198. The molecule has 2 rings (SSSR count). The Hall–Kier alpha value is -2.08. The van der Waals surface area contributed by atoms with Gasteiger partial charge in [-0.15, -0.1) is 0 Å². The Morgan fingerprint density at radius 2 is 1.58 bits per heavy atom. The van der Waals surface area contributed by atoms with Gasteiger partial charge in [-0.2, -0.15) is 5.10 Å². The summed E-state index contributed by atoms with van der Waals surface area (Å²) in [4.78, 5) is 23.3. The Morgan fingerprint density at radius 1 is 0.958 bits per heavy atom. The predicted molar refractivity (Wildman–Crippen MR) is 95.5 cm³/mol. The highest BCUT2D eigenvalue weighted by Crippen LogP contribution is 2.21. The first-order chi connectivity index (χ1) is 11.5. The number of hydrazone groups is 1. The molecular weight excluding hydrogens is 373 g/mol. The summed E-state index contributed by atoms with van der Waals surface area (Å²) in [5.74, 6) is -1.71. The third-order valence-electron chi connectivity index (χ3n) is 2.93. The highest BCUT2D eigenvalue weighted by molar-refractivity contribution is 6.38. The van der Waals surface area contributed by atoms with Crippen LogP contribution in [-0.2, 0) is 16.1 Å². The monoisotopic (exact) mass is 383 g/mol. The first kappa shape index (κ1) is 18.3. The molecule has 0 aliphatic rings. The molecule has 0 bridgehead atoms. The Bertz CT molecular complexity index is 756. The number of carbonyl (C=O) groups excluding carboxylic acids is 2. The van der Waals surface area contributed by atoms with Crippen LogP contribution in [0.5, 0.6) is 0 Å². The summed E-state index contributed by atoms with van der Waals surface area (Å²) in [7, 11) is 0. The number of carbonyl (C=O) groups is 2. The largest absolute Gasteiger partial charge is 0.344 e. The zero-order valence-corrected chi connectivity index (χ0v) is 14.5. The van der Waals surface area contributed by atoms with Crippen LogP contribution in [0.4, 0.5) is 0 Å². The second-order valence-corrected chi connectivity index (χ2v) is 5.89. The quantitative estimate of drug-likeness (QED) is 0.482. The lowest BCUT2D eigenvalue weighted by Gasteiger charge is -2.04. The maximum Gasteiger partial charge on any atom is 0.329 e. The number of nitrogens with zero attached hydrogens (tertiary/aromatic N) is 1. The third-order valence-corrected chi connectivity index (χ3v) is 3.84. The fourth-order valence-electron chi connectivity index (χ4n) is 1.71. The van der Waals surface area contributed by atoms with E-state index in [4.69, 9.17) is 34.8 Å². The van der Waals surface area contributed by atoms with Gasteiger partial charge in [0.15, 0.2) is 0 Å². The lowest BCUT2D eigenvalue weighted by molar-refractivity contribution is -0.139. The normalized spacial score (nSPS) is 10.6. The Kier molecular flexibility index (Phi) is 6.61. The molecule has 0 saturated carbocycles. The van der Waals surface area contributed by atoms with E-state index in [2.05, 4.69) is 15.8 Å². The van der Waals surface area contributed by atoms with E-state index in [0.717, 1.165) is 5.56 Å². The van der Waals surface area contributed by atoms with Gasteiger partial charge in [0, 0.05) is 17.1 Å². The van der Waals surface area contributed by atoms with Crippen molar-refractivity contribution in [2.75, 3.05) is 0 Å².